The van der Waals surface area contributed by atoms with E-state index in [9.17, 15) is 18.0 Å². The van der Waals surface area contributed by atoms with Crippen molar-refractivity contribution in [1.82, 2.24) is 14.3 Å². The van der Waals surface area contributed by atoms with Crippen molar-refractivity contribution in [1.29, 1.82) is 0 Å². The van der Waals surface area contributed by atoms with Crippen molar-refractivity contribution in [2.45, 2.75) is 52.1 Å². The molecule has 5 rings (SSSR count). The summed E-state index contributed by atoms with van der Waals surface area (Å²) >= 11 is 0. The van der Waals surface area contributed by atoms with Crippen molar-refractivity contribution in [3.63, 3.8) is 0 Å². The number of anilines is 2. The standard InChI is InChI=1S/C29H35F4N5O2/c1-18-11-22(30)23(34-27(39)37-6-5-19(15-37)14-29(31,32)33)13-21(18)20-12-24(36-7-9-40-10-8-36)26-35-25(28(2,3)4)17-38(26)16-20/h11-13,16-17,19H,5-10,14-15H2,1-4H3,(H,34,39). The van der Waals surface area contributed by atoms with Gasteiger partial charge in [-0.25, -0.2) is 14.2 Å². The first-order valence-corrected chi connectivity index (χ1v) is 13.6. The first kappa shape index (κ1) is 28.2. The van der Waals surface area contributed by atoms with Crippen LogP contribution in [0.1, 0.15) is 44.9 Å². The number of imidazole rings is 1. The number of carbonyl (C=O) groups excluding carboxylic acids is 1. The van der Waals surface area contributed by atoms with Crippen LogP contribution in [0.25, 0.3) is 16.8 Å². The minimum atomic E-state index is -4.28. The van der Waals surface area contributed by atoms with Gasteiger partial charge in [-0.2, -0.15) is 13.2 Å². The number of halogens is 4. The summed E-state index contributed by atoms with van der Waals surface area (Å²) < 4.78 is 61.0. The molecule has 11 heteroatoms. The summed E-state index contributed by atoms with van der Waals surface area (Å²) in [6.07, 6.45) is -0.983. The molecule has 216 valence electrons. The van der Waals surface area contributed by atoms with Gasteiger partial charge in [-0.3, -0.25) is 0 Å². The molecule has 0 bridgehead atoms. The molecule has 0 aliphatic carbocycles. The average molecular weight is 562 g/mol. The van der Waals surface area contributed by atoms with Gasteiger partial charge in [0.25, 0.3) is 0 Å². The number of amides is 2. The van der Waals surface area contributed by atoms with Gasteiger partial charge in [0, 0.05) is 56.0 Å². The van der Waals surface area contributed by atoms with Crippen molar-refractivity contribution >= 4 is 23.1 Å². The molecule has 1 atom stereocenters. The van der Waals surface area contributed by atoms with Crippen LogP contribution in [0, 0.1) is 18.7 Å². The van der Waals surface area contributed by atoms with Crippen LogP contribution >= 0.6 is 0 Å². The number of aromatic nitrogens is 2. The molecular weight excluding hydrogens is 526 g/mol. The van der Waals surface area contributed by atoms with E-state index in [1.54, 1.807) is 13.0 Å². The van der Waals surface area contributed by atoms with Crippen LogP contribution in [0.2, 0.25) is 0 Å². The van der Waals surface area contributed by atoms with Crippen LogP contribution in [-0.2, 0) is 10.2 Å². The zero-order chi connectivity index (χ0) is 28.8. The van der Waals surface area contributed by atoms with Crippen LogP contribution in [0.4, 0.5) is 33.7 Å². The monoisotopic (exact) mass is 561 g/mol. The smallest absolute Gasteiger partial charge is 0.378 e. The summed E-state index contributed by atoms with van der Waals surface area (Å²) in [5, 5.41) is 2.60. The molecular formula is C29H35F4N5O2. The van der Waals surface area contributed by atoms with Gasteiger partial charge in [-0.15, -0.1) is 0 Å². The molecule has 2 amide bonds. The number of nitrogens with zero attached hydrogens (tertiary/aromatic N) is 4. The Morgan fingerprint density at radius 3 is 2.50 bits per heavy atom. The second-order valence-electron chi connectivity index (χ2n) is 11.8. The number of carbonyl (C=O) groups is 1. The van der Waals surface area contributed by atoms with Crippen molar-refractivity contribution in [2.75, 3.05) is 49.6 Å². The number of urea groups is 1. The first-order chi connectivity index (χ1) is 18.8. The largest absolute Gasteiger partial charge is 0.389 e. The zero-order valence-corrected chi connectivity index (χ0v) is 23.2. The maximum atomic E-state index is 15.0. The van der Waals surface area contributed by atoms with Gasteiger partial charge in [-0.05, 0) is 48.6 Å². The number of morpholine rings is 1. The Labute approximate surface area is 231 Å². The second kappa shape index (κ2) is 10.6. The molecule has 0 spiro atoms. The molecule has 4 heterocycles. The van der Waals surface area contributed by atoms with Gasteiger partial charge < -0.3 is 24.3 Å². The predicted octanol–water partition coefficient (Wildman–Crippen LogP) is 6.39. The molecule has 1 unspecified atom stereocenters. The lowest BCUT2D eigenvalue weighted by Gasteiger charge is -2.29. The molecule has 1 aromatic carbocycles. The summed E-state index contributed by atoms with van der Waals surface area (Å²) in [4.78, 5) is 21.4. The van der Waals surface area contributed by atoms with Crippen LogP contribution in [0.15, 0.2) is 30.6 Å². The van der Waals surface area contributed by atoms with E-state index in [-0.39, 0.29) is 30.6 Å². The molecule has 2 aromatic heterocycles. The summed E-state index contributed by atoms with van der Waals surface area (Å²) in [6, 6.07) is 4.40. The summed E-state index contributed by atoms with van der Waals surface area (Å²) in [7, 11) is 0. The fourth-order valence-electron chi connectivity index (χ4n) is 5.41. The van der Waals surface area contributed by atoms with Crippen LogP contribution < -0.4 is 10.2 Å². The lowest BCUT2D eigenvalue weighted by molar-refractivity contribution is -0.143. The third-order valence-electron chi connectivity index (χ3n) is 7.61. The summed E-state index contributed by atoms with van der Waals surface area (Å²) in [5.74, 6) is -1.25. The number of rotatable bonds is 4. The molecule has 0 radical (unpaired) electrons. The number of aryl methyl sites for hydroxylation is 1. The number of nitrogens with one attached hydrogen (secondary N) is 1. The topological polar surface area (TPSA) is 62.1 Å². The molecule has 7 nitrogen and oxygen atoms in total. The lowest BCUT2D eigenvalue weighted by Crippen LogP contribution is -2.36. The molecule has 2 fully saturated rings. The Bertz CT molecular complexity index is 1410. The van der Waals surface area contributed by atoms with E-state index in [0.717, 1.165) is 28.2 Å². The summed E-state index contributed by atoms with van der Waals surface area (Å²) in [5.41, 5.74) is 4.78. The Balaban J connectivity index is 1.48. The van der Waals surface area contributed by atoms with Crippen molar-refractivity contribution < 1.29 is 27.1 Å². The third kappa shape index (κ3) is 6.04. The highest BCUT2D eigenvalue weighted by atomic mass is 19.4. The van der Waals surface area contributed by atoms with E-state index in [1.807, 2.05) is 22.9 Å². The number of hydrogen-bond acceptors (Lipinski definition) is 4. The maximum Gasteiger partial charge on any atom is 0.389 e. The number of ether oxygens (including phenoxy) is 1. The lowest BCUT2D eigenvalue weighted by atomic mass is 9.93. The quantitative estimate of drug-likeness (QED) is 0.375. The Morgan fingerprint density at radius 2 is 1.82 bits per heavy atom. The molecule has 2 aliphatic heterocycles. The van der Waals surface area contributed by atoms with E-state index in [0.29, 0.717) is 31.9 Å². The first-order valence-electron chi connectivity index (χ1n) is 13.6. The van der Waals surface area contributed by atoms with Crippen LogP contribution in [-0.4, -0.2) is 65.9 Å². The van der Waals surface area contributed by atoms with E-state index >= 15 is 4.39 Å². The van der Waals surface area contributed by atoms with Gasteiger partial charge in [-0.1, -0.05) is 20.8 Å². The highest BCUT2D eigenvalue weighted by Crippen LogP contribution is 2.36. The highest BCUT2D eigenvalue weighted by molar-refractivity contribution is 5.91. The third-order valence-corrected chi connectivity index (χ3v) is 7.61. The van der Waals surface area contributed by atoms with Gasteiger partial charge in [0.1, 0.15) is 5.82 Å². The number of likely N-dealkylation sites (tertiary alicyclic amines) is 1. The van der Waals surface area contributed by atoms with Crippen LogP contribution in [0.5, 0.6) is 0 Å². The average Bonchev–Trinajstić information content (AvgIpc) is 3.52. The van der Waals surface area contributed by atoms with Gasteiger partial charge >= 0.3 is 12.2 Å². The molecule has 0 saturated carbocycles. The van der Waals surface area contributed by atoms with E-state index in [1.165, 1.54) is 11.0 Å². The minimum absolute atomic E-state index is 0.0119. The van der Waals surface area contributed by atoms with E-state index < -0.39 is 30.4 Å². The number of benzene rings is 1. The van der Waals surface area contributed by atoms with E-state index in [4.69, 9.17) is 9.72 Å². The van der Waals surface area contributed by atoms with Gasteiger partial charge in [0.2, 0.25) is 0 Å². The number of alkyl halides is 3. The Hall–Kier alpha value is -3.34. The van der Waals surface area contributed by atoms with Crippen molar-refractivity contribution in [3.8, 4) is 11.1 Å². The fraction of sp³-hybridized carbons (Fsp3) is 0.517. The van der Waals surface area contributed by atoms with Crippen molar-refractivity contribution in [3.05, 3.63) is 47.7 Å². The molecule has 1 N–H and O–H groups in total. The minimum Gasteiger partial charge on any atom is -0.378 e. The normalized spacial score (nSPS) is 18.6. The molecule has 40 heavy (non-hydrogen) atoms. The van der Waals surface area contributed by atoms with Crippen LogP contribution in [0.3, 0.4) is 0 Å². The Morgan fingerprint density at radius 1 is 1.10 bits per heavy atom. The molecule has 2 saturated heterocycles. The number of fused-ring (bicyclic) bond motifs is 1. The Kier molecular flexibility index (Phi) is 7.45. The maximum absolute atomic E-state index is 15.0. The molecule has 3 aromatic rings. The predicted molar refractivity (Wildman–Crippen MR) is 146 cm³/mol. The van der Waals surface area contributed by atoms with E-state index in [2.05, 4.69) is 31.0 Å². The fourth-order valence-corrected chi connectivity index (χ4v) is 5.41. The van der Waals surface area contributed by atoms with Gasteiger partial charge in [0.05, 0.1) is 30.3 Å². The van der Waals surface area contributed by atoms with Gasteiger partial charge in [0.15, 0.2) is 5.65 Å². The SMILES string of the molecule is Cc1cc(F)c(NC(=O)N2CCC(CC(F)(F)F)C2)cc1-c1cc(N2CCOCC2)c2nc(C(C)(C)C)cn2c1. The highest BCUT2D eigenvalue weighted by Gasteiger charge is 2.36. The summed E-state index contributed by atoms with van der Waals surface area (Å²) in [6.45, 7) is 10.9. The number of hydrogen-bond donors (Lipinski definition) is 1. The number of pyridine rings is 1. The second-order valence-corrected chi connectivity index (χ2v) is 11.8. The molecule has 2 aliphatic rings. The van der Waals surface area contributed by atoms with Crippen molar-refractivity contribution in [2.24, 2.45) is 5.92 Å². The zero-order valence-electron chi connectivity index (χ0n) is 23.2.